The van der Waals surface area contributed by atoms with Crippen LogP contribution >= 0.6 is 35.6 Å². The van der Waals surface area contributed by atoms with Crippen LogP contribution in [-0.4, -0.2) is 32.0 Å². The maximum Gasteiger partial charge on any atom is 0.251 e. The minimum absolute atomic E-state index is 0. The van der Waals surface area contributed by atoms with Gasteiger partial charge in [0, 0.05) is 37.3 Å². The van der Waals surface area contributed by atoms with E-state index in [4.69, 9.17) is 11.6 Å². The number of guanidine groups is 1. The van der Waals surface area contributed by atoms with Crippen LogP contribution in [0.2, 0.25) is 5.02 Å². The minimum atomic E-state index is -0.0765. The second-order valence-corrected chi connectivity index (χ2v) is 6.04. The summed E-state index contributed by atoms with van der Waals surface area (Å²) in [4.78, 5) is 16.2. The largest absolute Gasteiger partial charge is 0.355 e. The Kier molecular flexibility index (Phi) is 10.0. The van der Waals surface area contributed by atoms with Gasteiger partial charge in [0.25, 0.3) is 5.91 Å². The van der Waals surface area contributed by atoms with Crippen LogP contribution in [0, 0.1) is 6.92 Å². The predicted molar refractivity (Wildman–Crippen MR) is 119 cm³/mol. The molecule has 0 saturated heterocycles. The minimum Gasteiger partial charge on any atom is -0.355 e. The van der Waals surface area contributed by atoms with Crippen LogP contribution in [0.3, 0.4) is 0 Å². The second-order valence-electron chi connectivity index (χ2n) is 5.61. The Morgan fingerprint density at radius 1 is 1.04 bits per heavy atom. The zero-order valence-electron chi connectivity index (χ0n) is 14.9. The molecule has 0 atom stereocenters. The summed E-state index contributed by atoms with van der Waals surface area (Å²) in [6, 6.07) is 15.2. The van der Waals surface area contributed by atoms with Gasteiger partial charge in [-0.15, -0.1) is 24.0 Å². The quantitative estimate of drug-likeness (QED) is 0.254. The highest BCUT2D eigenvalue weighted by molar-refractivity contribution is 14.0. The molecular weight excluding hydrogens is 463 g/mol. The molecule has 1 amide bonds. The zero-order chi connectivity index (χ0) is 18.1. The first-order valence-corrected chi connectivity index (χ1v) is 8.50. The molecule has 0 aliphatic rings. The molecule has 3 N–H and O–H groups in total. The lowest BCUT2D eigenvalue weighted by Gasteiger charge is -2.12. The molecule has 0 aromatic heterocycles. The van der Waals surface area contributed by atoms with Gasteiger partial charge in [0.15, 0.2) is 5.96 Å². The molecule has 0 unspecified atom stereocenters. The highest BCUT2D eigenvalue weighted by Gasteiger charge is 2.04. The number of carbonyl (C=O) groups is 1. The maximum absolute atomic E-state index is 12.1. The average Bonchev–Trinajstić information content (AvgIpc) is 2.61. The summed E-state index contributed by atoms with van der Waals surface area (Å²) in [6.45, 7) is 3.67. The number of aryl methyl sites for hydroxylation is 1. The molecule has 0 aliphatic carbocycles. The molecular formula is C19H24ClIN4O. The third-order valence-corrected chi connectivity index (χ3v) is 3.79. The van der Waals surface area contributed by atoms with Crippen LogP contribution in [0.25, 0.3) is 0 Å². The van der Waals surface area contributed by atoms with Gasteiger partial charge in [0.2, 0.25) is 0 Å². The summed E-state index contributed by atoms with van der Waals surface area (Å²) < 4.78 is 0. The Hall–Kier alpha value is -1.80. The monoisotopic (exact) mass is 486 g/mol. The van der Waals surface area contributed by atoms with E-state index in [0.717, 1.165) is 11.1 Å². The number of nitrogens with one attached hydrogen (secondary N) is 3. The number of amides is 1. The molecule has 0 saturated carbocycles. The molecule has 140 valence electrons. The highest BCUT2D eigenvalue weighted by Crippen LogP contribution is 2.10. The van der Waals surface area contributed by atoms with Gasteiger partial charge >= 0.3 is 0 Å². The van der Waals surface area contributed by atoms with E-state index in [2.05, 4.69) is 20.9 Å². The van der Waals surface area contributed by atoms with Crippen molar-refractivity contribution in [1.29, 1.82) is 0 Å². The van der Waals surface area contributed by atoms with Crippen LogP contribution in [0.4, 0.5) is 0 Å². The Morgan fingerprint density at radius 3 is 2.46 bits per heavy atom. The van der Waals surface area contributed by atoms with E-state index in [1.807, 2.05) is 49.4 Å². The van der Waals surface area contributed by atoms with Crippen molar-refractivity contribution in [3.8, 4) is 0 Å². The second kappa shape index (κ2) is 11.7. The summed E-state index contributed by atoms with van der Waals surface area (Å²) in [5.74, 6) is 0.595. The lowest BCUT2D eigenvalue weighted by molar-refractivity contribution is 0.0954. The number of aliphatic imine (C=N–C) groups is 1. The third kappa shape index (κ3) is 7.61. The fraction of sp³-hybridized carbons (Fsp3) is 0.263. The summed E-state index contributed by atoms with van der Waals surface area (Å²) in [6.07, 6.45) is 0. The average molecular weight is 487 g/mol. The van der Waals surface area contributed by atoms with Crippen molar-refractivity contribution in [3.63, 3.8) is 0 Å². The lowest BCUT2D eigenvalue weighted by atomic mass is 10.1. The first-order chi connectivity index (χ1) is 12.1. The molecule has 26 heavy (non-hydrogen) atoms. The smallest absolute Gasteiger partial charge is 0.251 e. The molecule has 0 aliphatic heterocycles. The van der Waals surface area contributed by atoms with Crippen molar-refractivity contribution in [3.05, 3.63) is 70.2 Å². The summed E-state index contributed by atoms with van der Waals surface area (Å²) >= 11 is 5.97. The van der Waals surface area contributed by atoms with Gasteiger partial charge in [0.1, 0.15) is 0 Å². The number of carbonyl (C=O) groups excluding carboxylic acids is 1. The number of halogens is 2. The number of benzene rings is 2. The zero-order valence-corrected chi connectivity index (χ0v) is 18.0. The normalized spacial score (nSPS) is 10.7. The van der Waals surface area contributed by atoms with Crippen LogP contribution in [0.1, 0.15) is 21.5 Å². The molecule has 0 fully saturated rings. The van der Waals surface area contributed by atoms with Crippen molar-refractivity contribution in [1.82, 2.24) is 16.0 Å². The van der Waals surface area contributed by atoms with Gasteiger partial charge < -0.3 is 16.0 Å². The van der Waals surface area contributed by atoms with E-state index in [0.29, 0.717) is 36.2 Å². The van der Waals surface area contributed by atoms with E-state index in [1.54, 1.807) is 13.1 Å². The van der Waals surface area contributed by atoms with Gasteiger partial charge in [-0.1, -0.05) is 41.4 Å². The van der Waals surface area contributed by atoms with E-state index in [1.165, 1.54) is 0 Å². The van der Waals surface area contributed by atoms with Gasteiger partial charge in [0.05, 0.1) is 0 Å². The lowest BCUT2D eigenvalue weighted by Crippen LogP contribution is -2.41. The summed E-state index contributed by atoms with van der Waals surface area (Å²) in [5.41, 5.74) is 2.81. The van der Waals surface area contributed by atoms with E-state index < -0.39 is 0 Å². The molecule has 5 nitrogen and oxygen atoms in total. The molecule has 0 heterocycles. The third-order valence-electron chi connectivity index (χ3n) is 3.56. The van der Waals surface area contributed by atoms with Crippen molar-refractivity contribution < 1.29 is 4.79 Å². The first kappa shape index (κ1) is 22.2. The standard InChI is InChI=1S/C19H23ClN4O.HI/c1-14-5-3-7-16(11-14)18(25)22-9-10-23-19(21-2)24-13-15-6-4-8-17(20)12-15;/h3-8,11-12H,9-10,13H2,1-2H3,(H,22,25)(H2,21,23,24);1H. The van der Waals surface area contributed by atoms with Crippen molar-refractivity contribution in [2.24, 2.45) is 4.99 Å². The van der Waals surface area contributed by atoms with Crippen molar-refractivity contribution >= 4 is 47.4 Å². The topological polar surface area (TPSA) is 65.5 Å². The van der Waals surface area contributed by atoms with Crippen LogP contribution in [0.5, 0.6) is 0 Å². The number of hydrogen-bond acceptors (Lipinski definition) is 2. The van der Waals surface area contributed by atoms with Gasteiger partial charge in [-0.25, -0.2) is 0 Å². The molecule has 0 bridgehead atoms. The van der Waals surface area contributed by atoms with E-state index in [-0.39, 0.29) is 29.9 Å². The number of rotatable bonds is 6. The molecule has 2 rings (SSSR count). The summed E-state index contributed by atoms with van der Waals surface area (Å²) in [5, 5.41) is 9.97. The van der Waals surface area contributed by atoms with Gasteiger partial charge in [-0.3, -0.25) is 9.79 Å². The van der Waals surface area contributed by atoms with Crippen molar-refractivity contribution in [2.45, 2.75) is 13.5 Å². The van der Waals surface area contributed by atoms with E-state index >= 15 is 0 Å². The first-order valence-electron chi connectivity index (χ1n) is 8.12. The predicted octanol–water partition coefficient (Wildman–Crippen LogP) is 3.36. The Balaban J connectivity index is 0.00000338. The molecule has 7 heteroatoms. The Bertz CT molecular complexity index is 752. The van der Waals surface area contributed by atoms with Crippen LogP contribution < -0.4 is 16.0 Å². The Morgan fingerprint density at radius 2 is 1.77 bits per heavy atom. The maximum atomic E-state index is 12.1. The number of hydrogen-bond donors (Lipinski definition) is 3. The fourth-order valence-corrected chi connectivity index (χ4v) is 2.51. The molecule has 2 aromatic rings. The highest BCUT2D eigenvalue weighted by atomic mass is 127. The summed E-state index contributed by atoms with van der Waals surface area (Å²) in [7, 11) is 1.71. The van der Waals surface area contributed by atoms with Crippen molar-refractivity contribution in [2.75, 3.05) is 20.1 Å². The fourth-order valence-electron chi connectivity index (χ4n) is 2.30. The van der Waals surface area contributed by atoms with Gasteiger partial charge in [-0.2, -0.15) is 0 Å². The number of nitrogens with zero attached hydrogens (tertiary/aromatic N) is 1. The van der Waals surface area contributed by atoms with E-state index in [9.17, 15) is 4.79 Å². The van der Waals surface area contributed by atoms with Crippen LogP contribution in [0.15, 0.2) is 53.5 Å². The SMILES string of the molecule is CN=C(NCCNC(=O)c1cccc(C)c1)NCc1cccc(Cl)c1.I. The molecule has 0 spiro atoms. The molecule has 0 radical (unpaired) electrons. The molecule has 2 aromatic carbocycles. The Labute approximate surface area is 176 Å². The van der Waals surface area contributed by atoms with Gasteiger partial charge in [-0.05, 0) is 36.8 Å². The van der Waals surface area contributed by atoms with Crippen LogP contribution in [-0.2, 0) is 6.54 Å².